The lowest BCUT2D eigenvalue weighted by Crippen LogP contribution is -1.87. The van der Waals surface area contributed by atoms with Gasteiger partial charge in [-0.2, -0.15) is 0 Å². The Morgan fingerprint density at radius 3 is 1.27 bits per heavy atom. The third kappa shape index (κ3) is 9.80. The van der Waals surface area contributed by atoms with Crippen molar-refractivity contribution in [3.8, 4) is 0 Å². The number of rotatable bonds is 1. The second-order valence-electron chi connectivity index (χ2n) is 2.09. The average Bonchev–Trinajstić information content (AvgIpc) is 2.09. The summed E-state index contributed by atoms with van der Waals surface area (Å²) >= 11 is 10.5. The van der Waals surface area contributed by atoms with E-state index in [1.165, 1.54) is 0 Å². The molecule has 0 spiro atoms. The fourth-order valence-corrected chi connectivity index (χ4v) is 0.385. The zero-order valence-corrected chi connectivity index (χ0v) is 8.02. The summed E-state index contributed by atoms with van der Waals surface area (Å²) in [6, 6.07) is 12.0. The minimum atomic E-state index is 0.122. The summed E-state index contributed by atoms with van der Waals surface area (Å²) in [7, 11) is 0. The first-order chi connectivity index (χ1) is 5.27. The Labute approximate surface area is 78.1 Å². The molecule has 0 aliphatic rings. The molecule has 0 aliphatic heterocycles. The lowest BCUT2D eigenvalue weighted by atomic mass is 10.4. The zero-order valence-electron chi connectivity index (χ0n) is 6.50. The lowest BCUT2D eigenvalue weighted by molar-refractivity contribution is 1.11. The Morgan fingerprint density at radius 1 is 1.00 bits per heavy atom. The molecule has 1 atom stereocenters. The largest absolute Gasteiger partial charge is 0.125 e. The van der Waals surface area contributed by atoms with E-state index in [1.54, 1.807) is 0 Å². The third-order valence-electron chi connectivity index (χ3n) is 0.879. The van der Waals surface area contributed by atoms with Crippen LogP contribution in [0.2, 0.25) is 0 Å². The summed E-state index contributed by atoms with van der Waals surface area (Å²) < 4.78 is 0. The van der Waals surface area contributed by atoms with Crippen molar-refractivity contribution in [1.29, 1.82) is 0 Å². The van der Waals surface area contributed by atoms with Gasteiger partial charge in [0, 0.05) is 11.3 Å². The van der Waals surface area contributed by atoms with Gasteiger partial charge < -0.3 is 0 Å². The number of benzene rings is 1. The van der Waals surface area contributed by atoms with E-state index in [0.29, 0.717) is 5.88 Å². The molecule has 0 aliphatic carbocycles. The van der Waals surface area contributed by atoms with Gasteiger partial charge in [0.25, 0.3) is 0 Å². The predicted molar refractivity (Wildman–Crippen MR) is 52.5 cm³/mol. The Kier molecular flexibility index (Phi) is 7.76. The Hall–Kier alpha value is -0.200. The number of alkyl halides is 2. The number of hydrogen-bond donors (Lipinski definition) is 0. The number of hydrogen-bond acceptors (Lipinski definition) is 0. The van der Waals surface area contributed by atoms with Gasteiger partial charge in [0.1, 0.15) is 0 Å². The fourth-order valence-electron chi connectivity index (χ4n) is 0.385. The van der Waals surface area contributed by atoms with Gasteiger partial charge in [-0.3, -0.25) is 0 Å². The van der Waals surface area contributed by atoms with E-state index in [2.05, 4.69) is 0 Å². The third-order valence-corrected chi connectivity index (χ3v) is 1.65. The highest BCUT2D eigenvalue weighted by Crippen LogP contribution is 1.93. The highest BCUT2D eigenvalue weighted by atomic mass is 35.5. The van der Waals surface area contributed by atoms with Crippen molar-refractivity contribution in [2.45, 2.75) is 12.3 Å². The minimum Gasteiger partial charge on any atom is -0.125 e. The molecule has 0 aromatic heterocycles. The molecule has 1 rings (SSSR count). The maximum atomic E-state index is 5.33. The molecule has 0 fully saturated rings. The lowest BCUT2D eigenvalue weighted by Gasteiger charge is -1.85. The van der Waals surface area contributed by atoms with E-state index >= 15 is 0 Å². The molecule has 0 nitrogen and oxygen atoms in total. The van der Waals surface area contributed by atoms with Crippen LogP contribution in [-0.4, -0.2) is 11.3 Å². The molecule has 0 N–H and O–H groups in total. The quantitative estimate of drug-likeness (QED) is 0.595. The summed E-state index contributed by atoms with van der Waals surface area (Å²) in [6.07, 6.45) is 0. The Balaban J connectivity index is 0.000000187. The van der Waals surface area contributed by atoms with Crippen molar-refractivity contribution in [2.24, 2.45) is 0 Å². The maximum absolute atomic E-state index is 5.33. The molecule has 11 heavy (non-hydrogen) atoms. The second kappa shape index (κ2) is 7.90. The van der Waals surface area contributed by atoms with E-state index in [9.17, 15) is 0 Å². The predicted octanol–water partition coefficient (Wildman–Crippen LogP) is 3.54. The summed E-state index contributed by atoms with van der Waals surface area (Å²) in [5.41, 5.74) is 0. The molecule has 0 bridgehead atoms. The Bertz CT molecular complexity index is 122. The van der Waals surface area contributed by atoms with E-state index in [4.69, 9.17) is 23.2 Å². The molecule has 0 amide bonds. The summed E-state index contributed by atoms with van der Waals surface area (Å²) in [5.74, 6) is 0.543. The van der Waals surface area contributed by atoms with Gasteiger partial charge in [-0.15, -0.1) is 23.2 Å². The molecule has 0 heterocycles. The molecular formula is C9H12Cl2. The Morgan fingerprint density at radius 2 is 1.18 bits per heavy atom. The zero-order chi connectivity index (χ0) is 8.53. The van der Waals surface area contributed by atoms with Crippen LogP contribution in [0.5, 0.6) is 0 Å². The van der Waals surface area contributed by atoms with Crippen LogP contribution in [-0.2, 0) is 0 Å². The molecule has 62 valence electrons. The summed E-state index contributed by atoms with van der Waals surface area (Å²) in [6.45, 7) is 1.86. The van der Waals surface area contributed by atoms with Gasteiger partial charge in [-0.1, -0.05) is 36.4 Å². The minimum absolute atomic E-state index is 0.122. The molecule has 1 aromatic rings. The van der Waals surface area contributed by atoms with Crippen LogP contribution in [0, 0.1) is 0 Å². The van der Waals surface area contributed by atoms with Crippen LogP contribution in [0.3, 0.4) is 0 Å². The fraction of sp³-hybridized carbons (Fsp3) is 0.333. The molecule has 1 unspecified atom stereocenters. The van der Waals surface area contributed by atoms with E-state index in [1.807, 2.05) is 43.3 Å². The monoisotopic (exact) mass is 190 g/mol. The highest BCUT2D eigenvalue weighted by Gasteiger charge is 1.85. The molecule has 0 saturated carbocycles. The highest BCUT2D eigenvalue weighted by molar-refractivity contribution is 6.27. The maximum Gasteiger partial charge on any atom is 0.0443 e. The molecule has 2 heteroatoms. The molecular weight excluding hydrogens is 179 g/mol. The normalized spacial score (nSPS) is 11.2. The van der Waals surface area contributed by atoms with Gasteiger partial charge in [0.2, 0.25) is 0 Å². The van der Waals surface area contributed by atoms with Crippen LogP contribution in [0.15, 0.2) is 36.4 Å². The first-order valence-corrected chi connectivity index (χ1v) is 4.44. The van der Waals surface area contributed by atoms with Gasteiger partial charge >= 0.3 is 0 Å². The smallest absolute Gasteiger partial charge is 0.0443 e. The summed E-state index contributed by atoms with van der Waals surface area (Å²) in [5, 5.41) is 0.122. The number of halogens is 2. The van der Waals surface area contributed by atoms with Crippen molar-refractivity contribution in [3.63, 3.8) is 0 Å². The molecule has 0 saturated heterocycles. The van der Waals surface area contributed by atoms with Crippen LogP contribution >= 0.6 is 23.2 Å². The van der Waals surface area contributed by atoms with Crippen LogP contribution < -0.4 is 0 Å². The average molecular weight is 191 g/mol. The van der Waals surface area contributed by atoms with Crippen molar-refractivity contribution in [1.82, 2.24) is 0 Å². The van der Waals surface area contributed by atoms with Gasteiger partial charge in [0.15, 0.2) is 0 Å². The molecule has 0 radical (unpaired) electrons. The van der Waals surface area contributed by atoms with Crippen molar-refractivity contribution in [3.05, 3.63) is 36.4 Å². The standard InChI is InChI=1S/C6H6.C3H6Cl2/c1-2-4-6-5-3-1;1-3(5)2-4/h1-6H;3H,2H2,1H3. The first kappa shape index (κ1) is 10.8. The van der Waals surface area contributed by atoms with Crippen molar-refractivity contribution < 1.29 is 0 Å². The van der Waals surface area contributed by atoms with Crippen LogP contribution in [0.1, 0.15) is 6.92 Å². The van der Waals surface area contributed by atoms with Crippen LogP contribution in [0.4, 0.5) is 0 Å². The van der Waals surface area contributed by atoms with E-state index in [0.717, 1.165) is 0 Å². The topological polar surface area (TPSA) is 0 Å². The summed E-state index contributed by atoms with van der Waals surface area (Å²) in [4.78, 5) is 0. The van der Waals surface area contributed by atoms with Crippen molar-refractivity contribution >= 4 is 23.2 Å². The van der Waals surface area contributed by atoms with Gasteiger partial charge in [-0.25, -0.2) is 0 Å². The second-order valence-corrected chi connectivity index (χ2v) is 3.14. The van der Waals surface area contributed by atoms with Crippen molar-refractivity contribution in [2.75, 3.05) is 5.88 Å². The van der Waals surface area contributed by atoms with Gasteiger partial charge in [0.05, 0.1) is 0 Å². The van der Waals surface area contributed by atoms with Gasteiger partial charge in [-0.05, 0) is 6.92 Å². The van der Waals surface area contributed by atoms with E-state index < -0.39 is 0 Å². The van der Waals surface area contributed by atoms with E-state index in [-0.39, 0.29) is 5.38 Å². The SMILES string of the molecule is CC(Cl)CCl.c1ccccc1. The molecule has 1 aromatic carbocycles. The first-order valence-electron chi connectivity index (χ1n) is 3.47. The van der Waals surface area contributed by atoms with Crippen LogP contribution in [0.25, 0.3) is 0 Å².